The molecule has 0 spiro atoms. The fourth-order valence-corrected chi connectivity index (χ4v) is 3.23. The highest BCUT2D eigenvalue weighted by Crippen LogP contribution is 2.33. The number of carbonyl (C=O) groups is 1. The Morgan fingerprint density at radius 3 is 2.87 bits per heavy atom. The maximum atomic E-state index is 12.6. The van der Waals surface area contributed by atoms with Crippen molar-refractivity contribution in [3.05, 3.63) is 53.4 Å². The zero-order valence-electron chi connectivity index (χ0n) is 16.2. The van der Waals surface area contributed by atoms with Crippen LogP contribution in [0.25, 0.3) is 0 Å². The third-order valence-electron chi connectivity index (χ3n) is 4.66. The Balaban J connectivity index is 1.41. The van der Waals surface area contributed by atoms with Crippen molar-refractivity contribution < 1.29 is 22.4 Å². The number of aromatic nitrogens is 3. The number of alkyl halides is 3. The first-order valence-electron chi connectivity index (χ1n) is 9.13. The molecule has 4 rings (SSSR count). The summed E-state index contributed by atoms with van der Waals surface area (Å²) < 4.78 is 44.2. The van der Waals surface area contributed by atoms with E-state index in [4.69, 9.17) is 4.42 Å². The van der Waals surface area contributed by atoms with E-state index >= 15 is 0 Å². The summed E-state index contributed by atoms with van der Waals surface area (Å²) >= 11 is 0. The molecule has 0 atom stereocenters. The number of nitrogens with zero attached hydrogens (tertiary/aromatic N) is 4. The van der Waals surface area contributed by atoms with Crippen LogP contribution in [0.5, 0.6) is 0 Å². The highest BCUT2D eigenvalue weighted by Gasteiger charge is 2.34. The Kier molecular flexibility index (Phi) is 4.88. The lowest BCUT2D eigenvalue weighted by atomic mass is 10.2. The van der Waals surface area contributed by atoms with Gasteiger partial charge in [0.1, 0.15) is 11.6 Å². The Labute approximate surface area is 169 Å². The quantitative estimate of drug-likeness (QED) is 0.659. The molecule has 0 aromatic carbocycles. The van der Waals surface area contributed by atoms with Crippen molar-refractivity contribution in [3.63, 3.8) is 0 Å². The normalized spacial score (nSPS) is 13.9. The third-order valence-corrected chi connectivity index (χ3v) is 4.66. The topological polar surface area (TPSA) is 88.2 Å². The van der Waals surface area contributed by atoms with Gasteiger partial charge in [-0.05, 0) is 19.1 Å². The molecule has 3 aromatic heterocycles. The van der Waals surface area contributed by atoms with Gasteiger partial charge in [-0.1, -0.05) is 0 Å². The summed E-state index contributed by atoms with van der Waals surface area (Å²) in [5.41, 5.74) is 3.10. The summed E-state index contributed by atoms with van der Waals surface area (Å²) in [4.78, 5) is 18.0. The number of fused-ring (bicyclic) bond motifs is 1. The first-order chi connectivity index (χ1) is 14.2. The number of nitrogens with one attached hydrogen (secondary N) is 2. The molecule has 0 aliphatic carbocycles. The molecule has 8 nitrogen and oxygen atoms in total. The molecular formula is C19H19F3N6O2. The van der Waals surface area contributed by atoms with E-state index in [1.54, 1.807) is 12.4 Å². The van der Waals surface area contributed by atoms with Gasteiger partial charge in [-0.15, -0.1) is 0 Å². The highest BCUT2D eigenvalue weighted by atomic mass is 19.4. The monoisotopic (exact) mass is 420 g/mol. The molecule has 3 aromatic rings. The molecule has 11 heteroatoms. The molecule has 0 unspecified atom stereocenters. The summed E-state index contributed by atoms with van der Waals surface area (Å²) in [6.45, 7) is 2.61. The second kappa shape index (κ2) is 7.39. The van der Waals surface area contributed by atoms with E-state index in [-0.39, 0.29) is 24.8 Å². The van der Waals surface area contributed by atoms with Crippen LogP contribution in [-0.2, 0) is 24.1 Å². The van der Waals surface area contributed by atoms with Gasteiger partial charge in [0.2, 0.25) is 11.7 Å². The minimum atomic E-state index is -4.51. The Hall–Kier alpha value is -3.50. The molecule has 0 bridgehead atoms. The van der Waals surface area contributed by atoms with Crippen LogP contribution in [0, 0.1) is 6.92 Å². The summed E-state index contributed by atoms with van der Waals surface area (Å²) in [6, 6.07) is 4.05. The lowest BCUT2D eigenvalue weighted by Crippen LogP contribution is -2.36. The predicted molar refractivity (Wildman–Crippen MR) is 103 cm³/mol. The molecule has 1 aliphatic heterocycles. The van der Waals surface area contributed by atoms with Gasteiger partial charge in [-0.25, -0.2) is 4.98 Å². The minimum absolute atomic E-state index is 0.0815. The number of likely N-dealkylation sites (N-methyl/N-ethyl adjacent to an activating group) is 1. The summed E-state index contributed by atoms with van der Waals surface area (Å²) in [5.74, 6) is -0.298. The molecule has 0 saturated carbocycles. The number of anilines is 3. The number of hydrogen-bond acceptors (Lipinski definition) is 6. The second-order valence-electron chi connectivity index (χ2n) is 7.05. The van der Waals surface area contributed by atoms with E-state index in [2.05, 4.69) is 20.7 Å². The lowest BCUT2D eigenvalue weighted by molar-refractivity contribution is -0.153. The van der Waals surface area contributed by atoms with Crippen molar-refractivity contribution in [1.29, 1.82) is 0 Å². The molecular weight excluding hydrogens is 401 g/mol. The number of carbonyl (C=O) groups excluding carboxylic acids is 1. The van der Waals surface area contributed by atoms with Crippen LogP contribution in [0.1, 0.15) is 22.8 Å². The first kappa shape index (κ1) is 19.8. The predicted octanol–water partition coefficient (Wildman–Crippen LogP) is 3.25. The average molecular weight is 420 g/mol. The molecule has 158 valence electrons. The molecule has 0 fully saturated rings. The van der Waals surface area contributed by atoms with E-state index in [1.807, 2.05) is 24.9 Å². The van der Waals surface area contributed by atoms with Crippen molar-refractivity contribution in [2.45, 2.75) is 26.2 Å². The van der Waals surface area contributed by atoms with Crippen LogP contribution in [0.2, 0.25) is 0 Å². The van der Waals surface area contributed by atoms with Gasteiger partial charge in [-0.3, -0.25) is 9.48 Å². The lowest BCUT2D eigenvalue weighted by Gasteiger charge is -2.28. The van der Waals surface area contributed by atoms with Crippen LogP contribution in [0.15, 0.2) is 35.0 Å². The van der Waals surface area contributed by atoms with Gasteiger partial charge in [0, 0.05) is 31.4 Å². The Morgan fingerprint density at radius 1 is 1.33 bits per heavy atom. The van der Waals surface area contributed by atoms with Gasteiger partial charge >= 0.3 is 6.18 Å². The molecule has 4 heterocycles. The van der Waals surface area contributed by atoms with E-state index in [0.717, 1.165) is 17.3 Å². The molecule has 1 aliphatic rings. The molecule has 0 radical (unpaired) electrons. The van der Waals surface area contributed by atoms with Crippen molar-refractivity contribution in [3.8, 4) is 0 Å². The Morgan fingerprint density at radius 2 is 2.13 bits per heavy atom. The molecule has 1 amide bonds. The fraction of sp³-hybridized carbons (Fsp3) is 0.316. The minimum Gasteiger partial charge on any atom is -0.455 e. The second-order valence-corrected chi connectivity index (χ2v) is 7.05. The van der Waals surface area contributed by atoms with Crippen molar-refractivity contribution >= 4 is 23.1 Å². The largest absolute Gasteiger partial charge is 0.455 e. The van der Waals surface area contributed by atoms with Crippen LogP contribution >= 0.6 is 0 Å². The van der Waals surface area contributed by atoms with E-state index in [0.29, 0.717) is 23.7 Å². The van der Waals surface area contributed by atoms with Gasteiger partial charge in [0.05, 0.1) is 36.4 Å². The van der Waals surface area contributed by atoms with Crippen molar-refractivity contribution in [1.82, 2.24) is 14.8 Å². The smallest absolute Gasteiger partial charge is 0.449 e. The highest BCUT2D eigenvalue weighted by molar-refractivity contribution is 6.02. The SMILES string of the molecule is Cc1nc(NCc2cnn(Cc3ccc(C(F)(F)F)o3)c2)cc2c1NC(=O)CN2C. The maximum Gasteiger partial charge on any atom is 0.449 e. The number of hydrogen-bond donors (Lipinski definition) is 2. The number of pyridine rings is 1. The number of rotatable bonds is 5. The van der Waals surface area contributed by atoms with E-state index in [9.17, 15) is 18.0 Å². The van der Waals surface area contributed by atoms with Crippen molar-refractivity contribution in [2.75, 3.05) is 29.1 Å². The first-order valence-corrected chi connectivity index (χ1v) is 9.13. The summed E-state index contributed by atoms with van der Waals surface area (Å²) in [5, 5.41) is 10.2. The molecule has 2 N–H and O–H groups in total. The summed E-state index contributed by atoms with van der Waals surface area (Å²) in [6.07, 6.45) is -1.16. The van der Waals surface area contributed by atoms with Crippen molar-refractivity contribution in [2.24, 2.45) is 0 Å². The fourth-order valence-electron chi connectivity index (χ4n) is 3.23. The van der Waals surface area contributed by atoms with Crippen LogP contribution < -0.4 is 15.5 Å². The molecule has 0 saturated heterocycles. The zero-order chi connectivity index (χ0) is 21.5. The maximum absolute atomic E-state index is 12.6. The van der Waals surface area contributed by atoms with Gasteiger partial charge in [0.15, 0.2) is 0 Å². The van der Waals surface area contributed by atoms with Crippen LogP contribution in [0.4, 0.5) is 30.4 Å². The van der Waals surface area contributed by atoms with E-state index < -0.39 is 11.9 Å². The van der Waals surface area contributed by atoms with Gasteiger partial charge < -0.3 is 20.0 Å². The zero-order valence-corrected chi connectivity index (χ0v) is 16.2. The number of furan rings is 1. The van der Waals surface area contributed by atoms with Gasteiger partial charge in [-0.2, -0.15) is 18.3 Å². The number of halogens is 3. The third kappa shape index (κ3) is 4.09. The van der Waals surface area contributed by atoms with E-state index in [1.165, 1.54) is 10.7 Å². The number of amides is 1. The van der Waals surface area contributed by atoms with Gasteiger partial charge in [0.25, 0.3) is 0 Å². The summed E-state index contributed by atoms with van der Waals surface area (Å²) in [7, 11) is 1.84. The Bertz CT molecular complexity index is 1090. The molecule has 30 heavy (non-hydrogen) atoms. The standard InChI is InChI=1S/C19H19F3N6O2/c1-11-18-14(27(2)10-17(29)26-18)5-16(25-11)23-6-12-7-24-28(8-12)9-13-3-4-15(30-13)19(20,21)22/h3-5,7-8H,6,9-10H2,1-2H3,(H,23,25)(H,26,29). The number of aryl methyl sites for hydroxylation is 1. The van der Waals surface area contributed by atoms with Crippen LogP contribution in [0.3, 0.4) is 0 Å². The average Bonchev–Trinajstić information content (AvgIpc) is 3.31. The van der Waals surface area contributed by atoms with Crippen LogP contribution in [-0.4, -0.2) is 34.3 Å².